The molecule has 3 N–H and O–H groups in total. The molecular weight excluding hydrogens is 192 g/mol. The lowest BCUT2D eigenvalue weighted by Gasteiger charge is -2.42. The van der Waals surface area contributed by atoms with Gasteiger partial charge in [0.2, 0.25) is 0 Å². The third-order valence-electron chi connectivity index (χ3n) is 3.89. The van der Waals surface area contributed by atoms with Crippen LogP contribution in [0.5, 0.6) is 0 Å². The van der Waals surface area contributed by atoms with Crippen molar-refractivity contribution in [2.75, 3.05) is 13.1 Å². The van der Waals surface area contributed by atoms with E-state index < -0.39 is 11.5 Å². The fourth-order valence-corrected chi connectivity index (χ4v) is 3.02. The number of hydrogen-bond acceptors (Lipinski definition) is 3. The lowest BCUT2D eigenvalue weighted by Crippen LogP contribution is -2.58. The summed E-state index contributed by atoms with van der Waals surface area (Å²) in [4.78, 5) is 13.6. The zero-order valence-corrected chi connectivity index (χ0v) is 9.11. The van der Waals surface area contributed by atoms with E-state index in [1.807, 2.05) is 0 Å². The second-order valence-corrected chi connectivity index (χ2v) is 4.89. The van der Waals surface area contributed by atoms with E-state index in [4.69, 9.17) is 5.73 Å². The van der Waals surface area contributed by atoms with Crippen LogP contribution in [-0.4, -0.2) is 40.6 Å². The molecule has 1 atom stereocenters. The first-order valence-electron chi connectivity index (χ1n) is 5.89. The van der Waals surface area contributed by atoms with Crippen LogP contribution in [0, 0.1) is 0 Å². The molecule has 0 aromatic heterocycles. The fourth-order valence-electron chi connectivity index (χ4n) is 3.02. The monoisotopic (exact) mass is 212 g/mol. The number of aliphatic carboxylic acids is 1. The summed E-state index contributed by atoms with van der Waals surface area (Å²) in [6.45, 7) is 1.66. The second-order valence-electron chi connectivity index (χ2n) is 4.89. The maximum atomic E-state index is 11.4. The van der Waals surface area contributed by atoms with Gasteiger partial charge in [-0.05, 0) is 32.2 Å². The van der Waals surface area contributed by atoms with Crippen molar-refractivity contribution in [1.29, 1.82) is 0 Å². The molecule has 1 aliphatic carbocycles. The Balaban J connectivity index is 2.13. The van der Waals surface area contributed by atoms with Gasteiger partial charge in [0.25, 0.3) is 0 Å². The molecular formula is C11H20N2O2. The Bertz CT molecular complexity index is 249. The Morgan fingerprint density at radius 2 is 2.00 bits per heavy atom. The number of carbonyl (C=O) groups is 1. The largest absolute Gasteiger partial charge is 0.480 e. The normalized spacial score (nSPS) is 31.7. The number of nitrogens with zero attached hydrogens (tertiary/aromatic N) is 1. The number of nitrogens with two attached hydrogens (primary N) is 1. The molecule has 86 valence electrons. The van der Waals surface area contributed by atoms with Gasteiger partial charge in [0.05, 0.1) is 0 Å². The summed E-state index contributed by atoms with van der Waals surface area (Å²) in [6.07, 6.45) is 5.75. The molecule has 1 heterocycles. The van der Waals surface area contributed by atoms with Gasteiger partial charge in [-0.2, -0.15) is 0 Å². The highest BCUT2D eigenvalue weighted by atomic mass is 16.4. The zero-order valence-electron chi connectivity index (χ0n) is 9.11. The zero-order chi connectivity index (χ0) is 10.9. The fraction of sp³-hybridized carbons (Fsp3) is 0.909. The lowest BCUT2D eigenvalue weighted by atomic mass is 9.91. The molecule has 1 saturated heterocycles. The van der Waals surface area contributed by atoms with Gasteiger partial charge in [-0.1, -0.05) is 12.8 Å². The van der Waals surface area contributed by atoms with Gasteiger partial charge in [0.15, 0.2) is 0 Å². The summed E-state index contributed by atoms with van der Waals surface area (Å²) in [5, 5.41) is 9.42. The van der Waals surface area contributed by atoms with Gasteiger partial charge in [0, 0.05) is 12.6 Å². The summed E-state index contributed by atoms with van der Waals surface area (Å²) < 4.78 is 0. The van der Waals surface area contributed by atoms with Crippen molar-refractivity contribution >= 4 is 5.97 Å². The average Bonchev–Trinajstić information content (AvgIpc) is 2.67. The Hall–Kier alpha value is -0.610. The summed E-state index contributed by atoms with van der Waals surface area (Å²) in [7, 11) is 0. The SMILES string of the molecule is NC1CCCN(C2(C(=O)O)CCCC2)C1. The highest BCUT2D eigenvalue weighted by Crippen LogP contribution is 2.37. The average molecular weight is 212 g/mol. The molecule has 0 aromatic rings. The minimum atomic E-state index is -0.644. The topological polar surface area (TPSA) is 66.6 Å². The van der Waals surface area contributed by atoms with E-state index in [1.54, 1.807) is 0 Å². The van der Waals surface area contributed by atoms with Crippen LogP contribution in [0.1, 0.15) is 38.5 Å². The van der Waals surface area contributed by atoms with Crippen molar-refractivity contribution in [3.05, 3.63) is 0 Å². The maximum absolute atomic E-state index is 11.4. The van der Waals surface area contributed by atoms with Crippen molar-refractivity contribution in [2.45, 2.75) is 50.1 Å². The quantitative estimate of drug-likeness (QED) is 0.710. The van der Waals surface area contributed by atoms with Crippen molar-refractivity contribution < 1.29 is 9.90 Å². The van der Waals surface area contributed by atoms with Gasteiger partial charge in [-0.3, -0.25) is 9.69 Å². The summed E-state index contributed by atoms with van der Waals surface area (Å²) in [5.41, 5.74) is 5.33. The standard InChI is InChI=1S/C11H20N2O2/c12-9-4-3-7-13(8-9)11(10(14)15)5-1-2-6-11/h9H,1-8,12H2,(H,14,15). The van der Waals surface area contributed by atoms with E-state index in [9.17, 15) is 9.90 Å². The molecule has 4 heteroatoms. The summed E-state index contributed by atoms with van der Waals surface area (Å²) in [6, 6.07) is 0.163. The third-order valence-corrected chi connectivity index (χ3v) is 3.89. The van der Waals surface area contributed by atoms with Crippen LogP contribution in [0.15, 0.2) is 0 Å². The van der Waals surface area contributed by atoms with Crippen LogP contribution >= 0.6 is 0 Å². The Morgan fingerprint density at radius 3 is 2.53 bits per heavy atom. The predicted octanol–water partition coefficient (Wildman–Crippen LogP) is 0.807. The van der Waals surface area contributed by atoms with E-state index in [0.29, 0.717) is 0 Å². The van der Waals surface area contributed by atoms with Crippen LogP contribution in [0.4, 0.5) is 0 Å². The molecule has 2 rings (SSSR count). The number of likely N-dealkylation sites (tertiary alicyclic amines) is 1. The van der Waals surface area contributed by atoms with Gasteiger partial charge < -0.3 is 10.8 Å². The second kappa shape index (κ2) is 4.10. The molecule has 0 spiro atoms. The molecule has 0 radical (unpaired) electrons. The van der Waals surface area contributed by atoms with Gasteiger partial charge in [-0.25, -0.2) is 0 Å². The third kappa shape index (κ3) is 1.88. The molecule has 0 bridgehead atoms. The van der Waals surface area contributed by atoms with Gasteiger partial charge >= 0.3 is 5.97 Å². The Labute approximate surface area is 90.4 Å². The number of carboxylic acid groups (broad SMARTS) is 1. The first-order valence-corrected chi connectivity index (χ1v) is 5.89. The number of hydrogen-bond donors (Lipinski definition) is 2. The first-order chi connectivity index (χ1) is 7.15. The molecule has 1 unspecified atom stereocenters. The summed E-state index contributed by atoms with van der Waals surface area (Å²) >= 11 is 0. The van der Waals surface area contributed by atoms with E-state index in [0.717, 1.165) is 51.6 Å². The number of piperidine rings is 1. The smallest absolute Gasteiger partial charge is 0.324 e. The minimum absolute atomic E-state index is 0.163. The molecule has 0 aromatic carbocycles. The van der Waals surface area contributed by atoms with Crippen molar-refractivity contribution in [2.24, 2.45) is 5.73 Å². The molecule has 2 aliphatic rings. The molecule has 2 fully saturated rings. The maximum Gasteiger partial charge on any atom is 0.324 e. The van der Waals surface area contributed by atoms with Crippen LogP contribution < -0.4 is 5.73 Å². The van der Waals surface area contributed by atoms with Crippen molar-refractivity contribution in [3.63, 3.8) is 0 Å². The Morgan fingerprint density at radius 1 is 1.33 bits per heavy atom. The van der Waals surface area contributed by atoms with Gasteiger partial charge in [-0.15, -0.1) is 0 Å². The highest BCUT2D eigenvalue weighted by Gasteiger charge is 2.47. The predicted molar refractivity (Wildman–Crippen MR) is 57.6 cm³/mol. The van der Waals surface area contributed by atoms with E-state index >= 15 is 0 Å². The summed E-state index contributed by atoms with van der Waals surface area (Å²) in [5.74, 6) is -0.644. The van der Waals surface area contributed by atoms with Crippen LogP contribution in [0.3, 0.4) is 0 Å². The molecule has 15 heavy (non-hydrogen) atoms. The van der Waals surface area contributed by atoms with E-state index in [1.165, 1.54) is 0 Å². The van der Waals surface area contributed by atoms with E-state index in [-0.39, 0.29) is 6.04 Å². The molecule has 4 nitrogen and oxygen atoms in total. The van der Waals surface area contributed by atoms with Crippen molar-refractivity contribution in [3.8, 4) is 0 Å². The van der Waals surface area contributed by atoms with Crippen LogP contribution in [-0.2, 0) is 4.79 Å². The first kappa shape index (κ1) is 10.9. The highest BCUT2D eigenvalue weighted by molar-refractivity contribution is 5.79. The van der Waals surface area contributed by atoms with Crippen LogP contribution in [0.25, 0.3) is 0 Å². The lowest BCUT2D eigenvalue weighted by molar-refractivity contribution is -0.152. The van der Waals surface area contributed by atoms with Gasteiger partial charge in [0.1, 0.15) is 5.54 Å². The minimum Gasteiger partial charge on any atom is -0.480 e. The molecule has 1 aliphatic heterocycles. The molecule has 0 amide bonds. The number of carboxylic acids is 1. The van der Waals surface area contributed by atoms with Crippen molar-refractivity contribution in [1.82, 2.24) is 4.90 Å². The molecule has 1 saturated carbocycles. The number of rotatable bonds is 2. The van der Waals surface area contributed by atoms with Crippen LogP contribution in [0.2, 0.25) is 0 Å². The van der Waals surface area contributed by atoms with E-state index in [2.05, 4.69) is 4.90 Å². The Kier molecular flexibility index (Phi) is 2.98.